The van der Waals surface area contributed by atoms with Crippen molar-refractivity contribution in [1.29, 1.82) is 0 Å². The topological polar surface area (TPSA) is 30.9 Å². The molecule has 14 aromatic heterocycles. The lowest BCUT2D eigenvalue weighted by molar-refractivity contribution is 0.803. The van der Waals surface area contributed by atoms with E-state index in [1.54, 1.807) is 0 Å². The monoisotopic (exact) mass is 1150 g/mol. The highest BCUT2D eigenvalue weighted by molar-refractivity contribution is 5.58. The second-order valence-corrected chi connectivity index (χ2v) is 24.0. The molecule has 7 heteroatoms. The van der Waals surface area contributed by atoms with Crippen molar-refractivity contribution in [3.63, 3.8) is 0 Å². The van der Waals surface area contributed by atoms with Gasteiger partial charge in [0.2, 0.25) is 0 Å². The fourth-order valence-corrected chi connectivity index (χ4v) is 10.5. The van der Waals surface area contributed by atoms with Crippen LogP contribution in [0, 0.1) is 0 Å². The van der Waals surface area contributed by atoms with Crippen LogP contribution in [-0.4, -0.2) is 30.8 Å². The van der Waals surface area contributed by atoms with Gasteiger partial charge in [-0.3, -0.25) is 0 Å². The van der Waals surface area contributed by atoms with Crippen LogP contribution in [0.15, 0.2) is 256 Å². The van der Waals surface area contributed by atoms with Gasteiger partial charge in [0.15, 0.2) is 0 Å². The molecule has 450 valence electrons. The average molecular weight is 1150 g/mol. The van der Waals surface area contributed by atoms with Crippen molar-refractivity contribution in [2.24, 2.45) is 0 Å². The van der Waals surface area contributed by atoms with Gasteiger partial charge in [0, 0.05) is 124 Å². The summed E-state index contributed by atoms with van der Waals surface area (Å²) in [5.74, 6) is 4.23. The third kappa shape index (κ3) is 17.0. The molecule has 0 N–H and O–H groups in total. The Kier molecular flexibility index (Phi) is 24.3. The summed E-state index contributed by atoms with van der Waals surface area (Å²) >= 11 is 0. The second kappa shape index (κ2) is 31.5. The number of pyridine rings is 7. The number of hydrogen-bond donors (Lipinski definition) is 0. The van der Waals surface area contributed by atoms with Crippen LogP contribution < -0.4 is 0 Å². The van der Waals surface area contributed by atoms with Gasteiger partial charge in [0.1, 0.15) is 0 Å². The Morgan fingerprint density at radius 1 is 0.233 bits per heavy atom. The predicted molar refractivity (Wildman–Crippen MR) is 374 cm³/mol. The number of hydrogen-bond acceptors (Lipinski definition) is 0. The molecule has 14 heterocycles. The van der Waals surface area contributed by atoms with E-state index in [4.69, 9.17) is 0 Å². The van der Waals surface area contributed by atoms with Crippen molar-refractivity contribution < 1.29 is 0 Å². The molecule has 14 aromatic rings. The Morgan fingerprint density at radius 3 is 1.28 bits per heavy atom. The first-order chi connectivity index (χ1) is 40.5. The molecule has 0 amide bonds. The molecule has 7 nitrogen and oxygen atoms in total. The van der Waals surface area contributed by atoms with Gasteiger partial charge in [-0.1, -0.05) is 148 Å². The summed E-state index contributed by atoms with van der Waals surface area (Å²) < 4.78 is 15.3. The number of rotatable bonds is 7. The number of fused-ring (bicyclic) bond motifs is 7. The van der Waals surface area contributed by atoms with Crippen LogP contribution in [0.1, 0.15) is 192 Å². The number of aromatic nitrogens is 7. The molecule has 0 atom stereocenters. The molecule has 0 spiro atoms. The molecule has 0 fully saturated rings. The van der Waals surface area contributed by atoms with Crippen LogP contribution >= 0.6 is 0 Å². The molecule has 0 aliphatic rings. The SMILES string of the molecule is C.C.CC(C)c1cc2ccccn2c1.CC(C)c1ccc2ccccn12.CC(C)c1ccc2cccn2c1.CC(C)c1cccc2cccn12.CC(C)c1cccn2cccc12.CC(C)c1ccn2cccc2c1.CC(C)c1ccn2ccccc12. The molecular weight excluding hydrogens is 1050 g/mol. The van der Waals surface area contributed by atoms with E-state index in [1.165, 1.54) is 77.8 Å². The van der Waals surface area contributed by atoms with Crippen LogP contribution in [0.4, 0.5) is 0 Å². The first kappa shape index (κ1) is 66.5. The normalized spacial score (nSPS) is 11.0. The van der Waals surface area contributed by atoms with E-state index in [9.17, 15) is 0 Å². The first-order valence-electron chi connectivity index (χ1n) is 30.4. The Hall–Kier alpha value is -8.68. The molecule has 0 radical (unpaired) electrons. The van der Waals surface area contributed by atoms with Crippen LogP contribution in [0.25, 0.3) is 38.6 Å². The fourth-order valence-electron chi connectivity index (χ4n) is 10.5. The maximum Gasteiger partial charge on any atom is 0.0484 e. The zero-order valence-electron chi connectivity index (χ0n) is 52.4. The minimum atomic E-state index is 0. The minimum Gasteiger partial charge on any atom is -0.324 e. The van der Waals surface area contributed by atoms with Crippen LogP contribution in [0.2, 0.25) is 0 Å². The Bertz CT molecular complexity index is 3920. The third-order valence-corrected chi connectivity index (χ3v) is 15.4. The summed E-state index contributed by atoms with van der Waals surface area (Å²) in [6.07, 6.45) is 25.3. The van der Waals surface area contributed by atoms with E-state index >= 15 is 0 Å². The molecule has 0 aliphatic heterocycles. The first-order valence-corrected chi connectivity index (χ1v) is 30.4. The summed E-state index contributed by atoms with van der Waals surface area (Å²) in [7, 11) is 0. The van der Waals surface area contributed by atoms with Gasteiger partial charge < -0.3 is 30.8 Å². The molecular formula is C79H99N7. The predicted octanol–water partition coefficient (Wildman–Crippen LogP) is 22.7. The van der Waals surface area contributed by atoms with Gasteiger partial charge in [0.25, 0.3) is 0 Å². The molecule has 0 aliphatic carbocycles. The molecule has 0 bridgehead atoms. The maximum absolute atomic E-state index is 2.24. The van der Waals surface area contributed by atoms with E-state index in [2.05, 4.69) is 384 Å². The van der Waals surface area contributed by atoms with Gasteiger partial charge in [-0.15, -0.1) is 0 Å². The smallest absolute Gasteiger partial charge is 0.0484 e. The fraction of sp³-hybridized carbons (Fsp3) is 0.291. The summed E-state index contributed by atoms with van der Waals surface area (Å²) in [6.45, 7) is 31.1. The third-order valence-electron chi connectivity index (χ3n) is 15.4. The summed E-state index contributed by atoms with van der Waals surface area (Å²) in [5.41, 5.74) is 18.8. The van der Waals surface area contributed by atoms with E-state index < -0.39 is 0 Å². The van der Waals surface area contributed by atoms with Crippen LogP contribution in [0.3, 0.4) is 0 Å². The molecule has 0 saturated carbocycles. The van der Waals surface area contributed by atoms with Crippen molar-refractivity contribution in [2.45, 2.75) is 153 Å². The standard InChI is InChI=1S/7C11H13N.2CH4/c1-9(2)10-5-3-7-12-8-4-6-11(10)12;1-9(2)11-7-3-5-10-6-4-8-12(10)11;1-9(2)10-5-6-11-4-3-7-12(11)8-10;1-9(2)10-5-7-12-6-3-4-11(12)8-10;1-9(2)11-7-6-10-5-3-4-8-12(10)11;1-9(2)10-6-8-12-7-4-3-5-11(10)12;1-9(2)10-7-11-5-3-4-6-12(11)8-10;;/h7*3-9H,1-2H3;2*1H4. The molecule has 0 unspecified atom stereocenters. The van der Waals surface area contributed by atoms with Gasteiger partial charge in [-0.05, 0) is 215 Å². The van der Waals surface area contributed by atoms with Crippen molar-refractivity contribution in [1.82, 2.24) is 30.8 Å². The van der Waals surface area contributed by atoms with E-state index in [0.29, 0.717) is 41.4 Å². The molecule has 0 saturated heterocycles. The zero-order chi connectivity index (χ0) is 59.9. The van der Waals surface area contributed by atoms with Crippen LogP contribution in [0.5, 0.6) is 0 Å². The molecule has 14 rings (SSSR count). The zero-order valence-corrected chi connectivity index (χ0v) is 52.4. The second-order valence-electron chi connectivity index (χ2n) is 24.0. The lowest BCUT2D eigenvalue weighted by atomic mass is 10.0. The van der Waals surface area contributed by atoms with Gasteiger partial charge >= 0.3 is 0 Å². The highest BCUT2D eigenvalue weighted by atomic mass is 14.9. The lowest BCUT2D eigenvalue weighted by Crippen LogP contribution is -1.96. The Balaban J connectivity index is 0.000000160. The van der Waals surface area contributed by atoms with Gasteiger partial charge in [-0.2, -0.15) is 0 Å². The highest BCUT2D eigenvalue weighted by Gasteiger charge is 2.08. The summed E-state index contributed by atoms with van der Waals surface area (Å²) in [4.78, 5) is 0. The average Bonchev–Trinajstić information content (AvgIpc) is 4.12. The lowest BCUT2D eigenvalue weighted by Gasteiger charge is -2.08. The molecule has 0 aromatic carbocycles. The molecule has 86 heavy (non-hydrogen) atoms. The summed E-state index contributed by atoms with van der Waals surface area (Å²) in [6, 6.07) is 64.0. The van der Waals surface area contributed by atoms with E-state index in [-0.39, 0.29) is 14.9 Å². The van der Waals surface area contributed by atoms with Crippen molar-refractivity contribution >= 4 is 38.6 Å². The highest BCUT2D eigenvalue weighted by Crippen LogP contribution is 2.24. The van der Waals surface area contributed by atoms with Crippen molar-refractivity contribution in [2.75, 3.05) is 0 Å². The Labute approximate surface area is 515 Å². The van der Waals surface area contributed by atoms with E-state index in [0.717, 1.165) is 0 Å². The Morgan fingerprint density at radius 2 is 0.628 bits per heavy atom. The largest absolute Gasteiger partial charge is 0.324 e. The maximum atomic E-state index is 2.24. The van der Waals surface area contributed by atoms with E-state index in [1.807, 2.05) is 0 Å². The van der Waals surface area contributed by atoms with Crippen molar-refractivity contribution in [3.8, 4) is 0 Å². The van der Waals surface area contributed by atoms with Gasteiger partial charge in [0.05, 0.1) is 0 Å². The minimum absolute atomic E-state index is 0. The summed E-state index contributed by atoms with van der Waals surface area (Å²) in [5, 5.41) is 0. The van der Waals surface area contributed by atoms with Gasteiger partial charge in [-0.25, -0.2) is 0 Å². The number of nitrogens with zero attached hydrogens (tertiary/aromatic N) is 7. The quantitative estimate of drug-likeness (QED) is 0.152. The van der Waals surface area contributed by atoms with Crippen LogP contribution in [-0.2, 0) is 0 Å². The van der Waals surface area contributed by atoms with Crippen molar-refractivity contribution in [3.05, 3.63) is 296 Å².